The van der Waals surface area contributed by atoms with Crippen molar-refractivity contribution in [2.75, 3.05) is 24.8 Å². The zero-order valence-electron chi connectivity index (χ0n) is 11.3. The Hall–Kier alpha value is -2.56. The lowest BCUT2D eigenvalue weighted by Gasteiger charge is -2.18. The summed E-state index contributed by atoms with van der Waals surface area (Å²) in [5, 5.41) is 0. The van der Waals surface area contributed by atoms with E-state index in [-0.39, 0.29) is 5.56 Å². The third-order valence-corrected chi connectivity index (χ3v) is 2.97. The van der Waals surface area contributed by atoms with Crippen LogP contribution in [0.1, 0.15) is 10.4 Å². The highest BCUT2D eigenvalue weighted by atomic mass is 19.1. The van der Waals surface area contributed by atoms with E-state index in [1.54, 1.807) is 37.4 Å². The van der Waals surface area contributed by atoms with Gasteiger partial charge in [-0.1, -0.05) is 6.07 Å². The summed E-state index contributed by atoms with van der Waals surface area (Å²) in [7, 11) is 3.01. The van der Waals surface area contributed by atoms with Crippen molar-refractivity contribution in [3.8, 4) is 5.75 Å². The van der Waals surface area contributed by atoms with Crippen LogP contribution in [-0.2, 0) is 0 Å². The van der Waals surface area contributed by atoms with Crippen molar-refractivity contribution in [2.24, 2.45) is 0 Å². The average Bonchev–Trinajstić information content (AvgIpc) is 2.45. The average molecular weight is 274 g/mol. The van der Waals surface area contributed by atoms with Crippen LogP contribution in [0.3, 0.4) is 0 Å². The van der Waals surface area contributed by atoms with Crippen molar-refractivity contribution in [3.05, 3.63) is 53.8 Å². The number of hydrogen-bond donors (Lipinski definition) is 1. The van der Waals surface area contributed by atoms with Gasteiger partial charge in [-0.15, -0.1) is 0 Å². The van der Waals surface area contributed by atoms with Crippen molar-refractivity contribution in [1.82, 2.24) is 0 Å². The summed E-state index contributed by atoms with van der Waals surface area (Å²) < 4.78 is 18.8. The fourth-order valence-corrected chi connectivity index (χ4v) is 1.83. The molecule has 0 aliphatic carbocycles. The van der Waals surface area contributed by atoms with Gasteiger partial charge in [-0.2, -0.15) is 0 Å². The molecule has 0 heterocycles. The number of methoxy groups -OCH3 is 1. The van der Waals surface area contributed by atoms with Crippen molar-refractivity contribution < 1.29 is 13.9 Å². The molecular formula is C15H15FN2O2. The number of rotatable bonds is 3. The number of halogens is 1. The molecule has 0 unspecified atom stereocenters. The molecule has 1 amide bonds. The molecule has 0 aliphatic heterocycles. The first kappa shape index (κ1) is 13.9. The molecule has 0 aliphatic rings. The van der Waals surface area contributed by atoms with Crippen LogP contribution in [0.15, 0.2) is 42.5 Å². The molecule has 2 rings (SSSR count). The summed E-state index contributed by atoms with van der Waals surface area (Å²) in [6.07, 6.45) is 0. The number of amides is 1. The van der Waals surface area contributed by atoms with Gasteiger partial charge in [0.1, 0.15) is 11.6 Å². The van der Waals surface area contributed by atoms with Crippen LogP contribution < -0.4 is 15.4 Å². The predicted molar refractivity (Wildman–Crippen MR) is 76.5 cm³/mol. The molecule has 0 spiro atoms. The third-order valence-electron chi connectivity index (χ3n) is 2.97. The van der Waals surface area contributed by atoms with E-state index >= 15 is 0 Å². The number of nitrogen functional groups attached to an aromatic ring is 1. The smallest absolute Gasteiger partial charge is 0.260 e. The zero-order valence-corrected chi connectivity index (χ0v) is 11.3. The Kier molecular flexibility index (Phi) is 3.89. The van der Waals surface area contributed by atoms with Crippen LogP contribution in [0.5, 0.6) is 5.75 Å². The van der Waals surface area contributed by atoms with E-state index in [1.807, 2.05) is 0 Å². The standard InChI is InChI=1S/C15H15FN2O2/c1-18(11-5-3-4-10(17)8-11)15(19)13-7-6-12(20-2)9-14(13)16/h3-9H,17H2,1-2H3. The number of carbonyl (C=O) groups is 1. The molecule has 20 heavy (non-hydrogen) atoms. The summed E-state index contributed by atoms with van der Waals surface area (Å²) >= 11 is 0. The van der Waals surface area contributed by atoms with Crippen LogP contribution in [0.4, 0.5) is 15.8 Å². The zero-order chi connectivity index (χ0) is 14.7. The van der Waals surface area contributed by atoms with Gasteiger partial charge in [-0.25, -0.2) is 4.39 Å². The Labute approximate surface area is 116 Å². The fraction of sp³-hybridized carbons (Fsp3) is 0.133. The van der Waals surface area contributed by atoms with Crippen LogP contribution in [0.2, 0.25) is 0 Å². The lowest BCUT2D eigenvalue weighted by atomic mass is 10.1. The summed E-state index contributed by atoms with van der Waals surface area (Å²) in [5.74, 6) is -0.702. The van der Waals surface area contributed by atoms with Gasteiger partial charge in [0, 0.05) is 24.5 Å². The fourth-order valence-electron chi connectivity index (χ4n) is 1.83. The molecule has 0 radical (unpaired) electrons. The molecule has 2 N–H and O–H groups in total. The molecule has 0 fully saturated rings. The summed E-state index contributed by atoms with van der Waals surface area (Å²) in [6.45, 7) is 0. The highest BCUT2D eigenvalue weighted by molar-refractivity contribution is 6.06. The molecule has 2 aromatic rings. The van der Waals surface area contributed by atoms with Gasteiger partial charge < -0.3 is 15.4 Å². The molecule has 0 saturated heterocycles. The third kappa shape index (κ3) is 2.71. The molecule has 0 aromatic heterocycles. The van der Waals surface area contributed by atoms with Crippen molar-refractivity contribution >= 4 is 17.3 Å². The van der Waals surface area contributed by atoms with Gasteiger partial charge >= 0.3 is 0 Å². The first-order chi connectivity index (χ1) is 9.52. The Morgan fingerprint density at radius 2 is 2.00 bits per heavy atom. The first-order valence-electron chi connectivity index (χ1n) is 6.00. The van der Waals surface area contributed by atoms with Gasteiger partial charge in [-0.3, -0.25) is 4.79 Å². The lowest BCUT2D eigenvalue weighted by Crippen LogP contribution is -2.27. The van der Waals surface area contributed by atoms with Crippen molar-refractivity contribution in [2.45, 2.75) is 0 Å². The predicted octanol–water partition coefficient (Wildman–Crippen LogP) is 2.69. The van der Waals surface area contributed by atoms with Crippen LogP contribution in [-0.4, -0.2) is 20.1 Å². The monoisotopic (exact) mass is 274 g/mol. The molecule has 5 heteroatoms. The summed E-state index contributed by atoms with van der Waals surface area (Å²) in [5.41, 5.74) is 6.80. The number of hydrogen-bond acceptors (Lipinski definition) is 3. The second kappa shape index (κ2) is 5.61. The number of benzene rings is 2. The van der Waals surface area contributed by atoms with Crippen molar-refractivity contribution in [3.63, 3.8) is 0 Å². The van der Waals surface area contributed by atoms with Crippen LogP contribution in [0.25, 0.3) is 0 Å². The Balaban J connectivity index is 2.31. The van der Waals surface area contributed by atoms with Crippen LogP contribution >= 0.6 is 0 Å². The minimum absolute atomic E-state index is 0.0178. The SMILES string of the molecule is COc1ccc(C(=O)N(C)c2cccc(N)c2)c(F)c1. The number of nitrogens with zero attached hydrogens (tertiary/aromatic N) is 1. The molecule has 2 aromatic carbocycles. The summed E-state index contributed by atoms with van der Waals surface area (Å²) in [4.78, 5) is 13.6. The van der Waals surface area contributed by atoms with Crippen molar-refractivity contribution in [1.29, 1.82) is 0 Å². The number of nitrogens with two attached hydrogens (primary N) is 1. The topological polar surface area (TPSA) is 55.6 Å². The highest BCUT2D eigenvalue weighted by Gasteiger charge is 2.18. The number of anilines is 2. The van der Waals surface area contributed by atoms with E-state index in [9.17, 15) is 9.18 Å². The van der Waals surface area contributed by atoms with E-state index < -0.39 is 11.7 Å². The van der Waals surface area contributed by atoms with Gasteiger partial charge in [-0.05, 0) is 30.3 Å². The highest BCUT2D eigenvalue weighted by Crippen LogP contribution is 2.21. The van der Waals surface area contributed by atoms with E-state index in [0.29, 0.717) is 17.1 Å². The van der Waals surface area contributed by atoms with Gasteiger partial charge in [0.15, 0.2) is 0 Å². The van der Waals surface area contributed by atoms with E-state index in [2.05, 4.69) is 0 Å². The Morgan fingerprint density at radius 3 is 2.60 bits per heavy atom. The number of ether oxygens (including phenoxy) is 1. The Bertz CT molecular complexity index is 644. The second-order valence-corrected chi connectivity index (χ2v) is 4.30. The summed E-state index contributed by atoms with van der Waals surface area (Å²) in [6, 6.07) is 11.0. The Morgan fingerprint density at radius 1 is 1.25 bits per heavy atom. The van der Waals surface area contributed by atoms with Gasteiger partial charge in [0.25, 0.3) is 5.91 Å². The quantitative estimate of drug-likeness (QED) is 0.875. The molecule has 4 nitrogen and oxygen atoms in total. The minimum atomic E-state index is -0.620. The van der Waals surface area contributed by atoms with E-state index in [0.717, 1.165) is 0 Å². The minimum Gasteiger partial charge on any atom is -0.497 e. The van der Waals surface area contributed by atoms with Gasteiger partial charge in [0.05, 0.1) is 12.7 Å². The van der Waals surface area contributed by atoms with E-state index in [1.165, 1.54) is 24.1 Å². The van der Waals surface area contributed by atoms with Gasteiger partial charge in [0.2, 0.25) is 0 Å². The largest absolute Gasteiger partial charge is 0.497 e. The number of carbonyl (C=O) groups excluding carboxylic acids is 1. The molecule has 0 saturated carbocycles. The van der Waals surface area contributed by atoms with Crippen LogP contribution in [0, 0.1) is 5.82 Å². The molecule has 0 bridgehead atoms. The van der Waals surface area contributed by atoms with E-state index in [4.69, 9.17) is 10.5 Å². The maximum Gasteiger partial charge on any atom is 0.260 e. The molecule has 104 valence electrons. The maximum absolute atomic E-state index is 13.9. The second-order valence-electron chi connectivity index (χ2n) is 4.30. The first-order valence-corrected chi connectivity index (χ1v) is 6.00. The maximum atomic E-state index is 13.9. The molecule has 0 atom stereocenters. The normalized spacial score (nSPS) is 10.2. The molecular weight excluding hydrogens is 259 g/mol. The lowest BCUT2D eigenvalue weighted by molar-refractivity contribution is 0.0989.